The lowest BCUT2D eigenvalue weighted by Crippen LogP contribution is -2.46. The lowest BCUT2D eigenvalue weighted by molar-refractivity contribution is -0.136. The molecule has 1 fully saturated rings. The highest BCUT2D eigenvalue weighted by molar-refractivity contribution is 8.06. The number of morpholine rings is 1. The first-order valence-corrected chi connectivity index (χ1v) is 13.3. The minimum Gasteiger partial charge on any atom is -0.478 e. The molecule has 3 heterocycles. The van der Waals surface area contributed by atoms with E-state index in [0.29, 0.717) is 54.8 Å². The topological polar surface area (TPSA) is 100 Å². The number of esters is 1. The molecule has 2 N–H and O–H groups in total. The first kappa shape index (κ1) is 27.8. The van der Waals surface area contributed by atoms with Crippen LogP contribution < -0.4 is 5.32 Å². The Labute approximate surface area is 226 Å². The van der Waals surface area contributed by atoms with Crippen molar-refractivity contribution in [3.63, 3.8) is 0 Å². The molecule has 0 aromatic heterocycles. The fourth-order valence-corrected chi connectivity index (χ4v) is 5.49. The van der Waals surface area contributed by atoms with Gasteiger partial charge in [-0.25, -0.2) is 14.0 Å². The monoisotopic (exact) mass is 541 g/mol. The van der Waals surface area contributed by atoms with Gasteiger partial charge in [-0.2, -0.15) is 0 Å². The summed E-state index contributed by atoms with van der Waals surface area (Å²) in [6.45, 7) is 5.78. The maximum atomic E-state index is 14.0. The molecule has 1 aromatic carbocycles. The average Bonchev–Trinajstić information content (AvgIpc) is 3.11. The number of aliphatic carboxylic acids is 1. The molecule has 3 atom stereocenters. The zero-order valence-electron chi connectivity index (χ0n) is 21.6. The maximum Gasteiger partial charge on any atom is 0.338 e. The molecule has 8 nitrogen and oxygen atoms in total. The largest absolute Gasteiger partial charge is 0.478 e. The number of carboxylic acids is 1. The van der Waals surface area contributed by atoms with Crippen LogP contribution in [0.1, 0.15) is 30.5 Å². The molecule has 0 amide bonds. The van der Waals surface area contributed by atoms with Crippen LogP contribution in [0.4, 0.5) is 4.39 Å². The van der Waals surface area contributed by atoms with Gasteiger partial charge in [-0.15, -0.1) is 0 Å². The Morgan fingerprint density at radius 2 is 2.21 bits per heavy atom. The lowest BCUT2D eigenvalue weighted by atomic mass is 9.92. The zero-order chi connectivity index (χ0) is 27.2. The SMILES string of the molecule is COC(=O)C1=C(CN2CCO[C@H](/C=C/C(=O)O)C2)NC(C2=CCC(C)C=CS2)=N[C@H]1c1ccc(F)cc1C. The van der Waals surface area contributed by atoms with Gasteiger partial charge in [0.25, 0.3) is 0 Å². The van der Waals surface area contributed by atoms with E-state index in [1.807, 2.05) is 5.41 Å². The number of aliphatic imine (C=N–C) groups is 1. The maximum absolute atomic E-state index is 14.0. The number of carbonyl (C=O) groups is 2. The molecule has 1 unspecified atom stereocenters. The van der Waals surface area contributed by atoms with Crippen LogP contribution in [0.3, 0.4) is 0 Å². The van der Waals surface area contributed by atoms with Crippen molar-refractivity contribution in [2.24, 2.45) is 10.9 Å². The second-order valence-corrected chi connectivity index (χ2v) is 10.4. The summed E-state index contributed by atoms with van der Waals surface area (Å²) >= 11 is 1.56. The quantitative estimate of drug-likeness (QED) is 0.393. The fraction of sp³-hybridized carbons (Fsp3) is 0.393. The van der Waals surface area contributed by atoms with Crippen molar-refractivity contribution in [3.8, 4) is 0 Å². The number of nitrogens with one attached hydrogen (secondary N) is 1. The second-order valence-electron chi connectivity index (χ2n) is 9.46. The van der Waals surface area contributed by atoms with Crippen LogP contribution in [0.25, 0.3) is 0 Å². The summed E-state index contributed by atoms with van der Waals surface area (Å²) in [6, 6.07) is 3.79. The van der Waals surface area contributed by atoms with Crippen molar-refractivity contribution >= 4 is 29.5 Å². The Bertz CT molecular complexity index is 1240. The summed E-state index contributed by atoms with van der Waals surface area (Å²) < 4.78 is 24.9. The second kappa shape index (κ2) is 12.6. The molecule has 0 saturated carbocycles. The van der Waals surface area contributed by atoms with E-state index in [2.05, 4.69) is 29.3 Å². The van der Waals surface area contributed by atoms with Crippen molar-refractivity contribution in [3.05, 3.63) is 81.0 Å². The van der Waals surface area contributed by atoms with Crippen LogP contribution in [0, 0.1) is 18.7 Å². The molecule has 202 valence electrons. The zero-order valence-corrected chi connectivity index (χ0v) is 22.5. The van der Waals surface area contributed by atoms with Gasteiger partial charge in [0.2, 0.25) is 0 Å². The van der Waals surface area contributed by atoms with Gasteiger partial charge in [0.05, 0.1) is 25.4 Å². The van der Waals surface area contributed by atoms with Gasteiger partial charge in [-0.1, -0.05) is 36.9 Å². The Hall–Kier alpha value is -3.21. The van der Waals surface area contributed by atoms with Crippen molar-refractivity contribution in [1.29, 1.82) is 0 Å². The number of halogens is 1. The van der Waals surface area contributed by atoms with Crippen LogP contribution in [-0.2, 0) is 19.1 Å². The minimum absolute atomic E-state index is 0.358. The van der Waals surface area contributed by atoms with E-state index in [1.54, 1.807) is 24.8 Å². The number of amidine groups is 1. The summed E-state index contributed by atoms with van der Waals surface area (Å²) in [7, 11) is 1.33. The average molecular weight is 542 g/mol. The molecule has 10 heteroatoms. The summed E-state index contributed by atoms with van der Waals surface area (Å²) in [5, 5.41) is 14.4. The highest BCUT2D eigenvalue weighted by Gasteiger charge is 2.34. The number of carboxylic acid groups (broad SMARTS) is 1. The van der Waals surface area contributed by atoms with E-state index in [-0.39, 0.29) is 11.9 Å². The molecular weight excluding hydrogens is 509 g/mol. The van der Waals surface area contributed by atoms with Gasteiger partial charge in [-0.05, 0) is 54.0 Å². The van der Waals surface area contributed by atoms with Crippen LogP contribution in [0.2, 0.25) is 0 Å². The number of hydrogen-bond acceptors (Lipinski definition) is 8. The fourth-order valence-electron chi connectivity index (χ4n) is 4.59. The van der Waals surface area contributed by atoms with Gasteiger partial charge in [0.15, 0.2) is 0 Å². The Kier molecular flexibility index (Phi) is 9.19. The normalized spacial score (nSPS) is 24.5. The first-order chi connectivity index (χ1) is 18.2. The standard InChI is InChI=1S/C28H32FN3O5S/c1-17-4-8-23(38-13-10-17)27-30-22(16-32-11-12-37-20(15-32)6-9-24(33)34)25(28(35)36-3)26(31-27)21-7-5-19(29)14-18(21)2/h5-10,13-14,17,20,26H,4,11-12,15-16H2,1-3H3,(H,30,31)(H,33,34)/b9-6+/t17?,20-,26+/m1/s1. The van der Waals surface area contributed by atoms with Gasteiger partial charge >= 0.3 is 11.9 Å². The van der Waals surface area contributed by atoms with E-state index in [9.17, 15) is 14.0 Å². The molecule has 0 radical (unpaired) electrons. The smallest absolute Gasteiger partial charge is 0.338 e. The number of thioether (sulfide) groups is 1. The third-order valence-corrected chi connectivity index (χ3v) is 7.49. The molecule has 1 aromatic rings. The lowest BCUT2D eigenvalue weighted by Gasteiger charge is -2.35. The number of aryl methyl sites for hydroxylation is 1. The number of carbonyl (C=O) groups excluding carboxylic acids is 1. The summed E-state index contributed by atoms with van der Waals surface area (Å²) in [4.78, 5) is 32.2. The summed E-state index contributed by atoms with van der Waals surface area (Å²) in [6.07, 6.45) is 7.35. The third kappa shape index (κ3) is 6.80. The molecule has 0 bridgehead atoms. The predicted molar refractivity (Wildman–Crippen MR) is 145 cm³/mol. The summed E-state index contributed by atoms with van der Waals surface area (Å²) in [5.74, 6) is -0.880. The number of nitrogens with zero attached hydrogens (tertiary/aromatic N) is 2. The number of ether oxygens (including phenoxy) is 2. The van der Waals surface area contributed by atoms with Crippen LogP contribution in [-0.4, -0.2) is 67.2 Å². The van der Waals surface area contributed by atoms with Crippen molar-refractivity contribution in [2.45, 2.75) is 32.4 Å². The number of benzene rings is 1. The number of allylic oxidation sites excluding steroid dienone is 2. The van der Waals surface area contributed by atoms with Crippen LogP contribution in [0.15, 0.2) is 69.1 Å². The van der Waals surface area contributed by atoms with E-state index >= 15 is 0 Å². The van der Waals surface area contributed by atoms with E-state index < -0.39 is 18.0 Å². The highest BCUT2D eigenvalue weighted by atomic mass is 32.2. The number of rotatable bonds is 7. The van der Waals surface area contributed by atoms with E-state index in [4.69, 9.17) is 19.6 Å². The highest BCUT2D eigenvalue weighted by Crippen LogP contribution is 2.37. The van der Waals surface area contributed by atoms with Crippen LogP contribution in [0.5, 0.6) is 0 Å². The molecule has 4 rings (SSSR count). The first-order valence-electron chi connectivity index (χ1n) is 12.5. The van der Waals surface area contributed by atoms with Crippen molar-refractivity contribution in [1.82, 2.24) is 10.2 Å². The van der Waals surface area contributed by atoms with Crippen molar-refractivity contribution in [2.75, 3.05) is 33.4 Å². The Balaban J connectivity index is 1.74. The van der Waals surface area contributed by atoms with Crippen LogP contribution >= 0.6 is 11.8 Å². The molecule has 1 saturated heterocycles. The number of methoxy groups -OCH3 is 1. The van der Waals surface area contributed by atoms with E-state index in [0.717, 1.165) is 23.0 Å². The van der Waals surface area contributed by atoms with E-state index in [1.165, 1.54) is 25.3 Å². The van der Waals surface area contributed by atoms with Gasteiger partial charge < -0.3 is 19.9 Å². The van der Waals surface area contributed by atoms with Gasteiger partial charge in [-0.3, -0.25) is 9.89 Å². The van der Waals surface area contributed by atoms with Gasteiger partial charge in [0.1, 0.15) is 17.7 Å². The molecule has 3 aliphatic rings. The number of hydrogen-bond donors (Lipinski definition) is 2. The Morgan fingerprint density at radius 3 is 2.95 bits per heavy atom. The van der Waals surface area contributed by atoms with Gasteiger partial charge in [0, 0.05) is 36.3 Å². The third-order valence-electron chi connectivity index (χ3n) is 6.58. The molecule has 0 aliphatic carbocycles. The predicted octanol–water partition coefficient (Wildman–Crippen LogP) is 4.12. The van der Waals surface area contributed by atoms with Crippen molar-refractivity contribution < 1.29 is 28.6 Å². The molecule has 38 heavy (non-hydrogen) atoms. The molecule has 3 aliphatic heterocycles. The summed E-state index contributed by atoms with van der Waals surface area (Å²) in [5.41, 5.74) is 2.40. The molecule has 0 spiro atoms. The Morgan fingerprint density at radius 1 is 1.39 bits per heavy atom. The molecular formula is C28H32FN3O5S. The minimum atomic E-state index is -1.04.